The Morgan fingerprint density at radius 1 is 1.39 bits per heavy atom. The number of aromatic nitrogens is 2. The molecule has 126 valence electrons. The minimum Gasteiger partial charge on any atom is -0.336 e. The van der Waals surface area contributed by atoms with Crippen LogP contribution in [0.2, 0.25) is 0 Å². The number of fused-ring (bicyclic) bond motifs is 1. The summed E-state index contributed by atoms with van der Waals surface area (Å²) in [5.41, 5.74) is 1.08. The van der Waals surface area contributed by atoms with Crippen molar-refractivity contribution in [3.63, 3.8) is 0 Å². The molecular formula is C17H26N4OS. The predicted octanol–water partition coefficient (Wildman–Crippen LogP) is 2.78. The first-order valence-corrected chi connectivity index (χ1v) is 9.03. The van der Waals surface area contributed by atoms with Gasteiger partial charge in [-0.05, 0) is 32.0 Å². The van der Waals surface area contributed by atoms with E-state index in [0.29, 0.717) is 17.9 Å². The van der Waals surface area contributed by atoms with Gasteiger partial charge in [0, 0.05) is 31.6 Å². The SMILES string of the molecule is CC(C)c1nn(C)c2sc(C(=O)N3C[C@H](C)[C@@H](N(C)C)C3)cc12. The zero-order valence-corrected chi connectivity index (χ0v) is 15.6. The molecule has 2 aromatic heterocycles. The molecule has 23 heavy (non-hydrogen) atoms. The predicted molar refractivity (Wildman–Crippen MR) is 95.2 cm³/mol. The first-order chi connectivity index (χ1) is 10.8. The van der Waals surface area contributed by atoms with E-state index in [0.717, 1.165) is 33.9 Å². The Balaban J connectivity index is 1.89. The van der Waals surface area contributed by atoms with Gasteiger partial charge in [0.1, 0.15) is 4.83 Å². The number of amides is 1. The highest BCUT2D eigenvalue weighted by atomic mass is 32.1. The van der Waals surface area contributed by atoms with Crippen molar-refractivity contribution < 1.29 is 4.79 Å². The molecular weight excluding hydrogens is 308 g/mol. The fourth-order valence-electron chi connectivity index (χ4n) is 3.54. The molecule has 0 N–H and O–H groups in total. The highest BCUT2D eigenvalue weighted by molar-refractivity contribution is 7.20. The number of nitrogens with zero attached hydrogens (tertiary/aromatic N) is 4. The summed E-state index contributed by atoms with van der Waals surface area (Å²) in [5, 5.41) is 5.72. The van der Waals surface area contributed by atoms with Gasteiger partial charge in [-0.2, -0.15) is 5.10 Å². The second kappa shape index (κ2) is 5.91. The van der Waals surface area contributed by atoms with Crippen LogP contribution in [-0.4, -0.2) is 58.7 Å². The van der Waals surface area contributed by atoms with E-state index < -0.39 is 0 Å². The van der Waals surface area contributed by atoms with Gasteiger partial charge in [0.25, 0.3) is 5.91 Å². The van der Waals surface area contributed by atoms with Gasteiger partial charge in [0.05, 0.1) is 10.6 Å². The Labute approximate surface area is 141 Å². The highest BCUT2D eigenvalue weighted by Crippen LogP contribution is 2.33. The number of hydrogen-bond acceptors (Lipinski definition) is 4. The summed E-state index contributed by atoms with van der Waals surface area (Å²) in [6.45, 7) is 8.17. The number of thiophene rings is 1. The number of carbonyl (C=O) groups excluding carboxylic acids is 1. The van der Waals surface area contributed by atoms with E-state index >= 15 is 0 Å². The lowest BCUT2D eigenvalue weighted by molar-refractivity contribution is 0.0786. The molecule has 2 aromatic rings. The standard InChI is InChI=1S/C17H26N4OS/c1-10(2)15-12-7-14(23-17(12)20(6)18-15)16(22)21-8-11(3)13(9-21)19(4)5/h7,10-11,13H,8-9H2,1-6H3/t11-,13-/m0/s1. The normalized spacial score (nSPS) is 22.0. The van der Waals surface area contributed by atoms with Gasteiger partial charge in [-0.1, -0.05) is 20.8 Å². The minimum absolute atomic E-state index is 0.164. The molecule has 0 saturated carbocycles. The Hall–Kier alpha value is -1.40. The number of rotatable bonds is 3. The van der Waals surface area contributed by atoms with Crippen molar-refractivity contribution in [2.75, 3.05) is 27.2 Å². The van der Waals surface area contributed by atoms with E-state index in [4.69, 9.17) is 0 Å². The third kappa shape index (κ3) is 2.78. The highest BCUT2D eigenvalue weighted by Gasteiger charge is 2.34. The zero-order valence-electron chi connectivity index (χ0n) is 14.8. The molecule has 2 atom stereocenters. The molecule has 0 spiro atoms. The van der Waals surface area contributed by atoms with Crippen LogP contribution in [-0.2, 0) is 7.05 Å². The van der Waals surface area contributed by atoms with Gasteiger partial charge in [-0.25, -0.2) is 0 Å². The third-order valence-electron chi connectivity index (χ3n) is 4.82. The number of hydrogen-bond donors (Lipinski definition) is 0. The van der Waals surface area contributed by atoms with Crippen LogP contribution in [0.15, 0.2) is 6.07 Å². The minimum atomic E-state index is 0.164. The summed E-state index contributed by atoms with van der Waals surface area (Å²) >= 11 is 1.56. The van der Waals surface area contributed by atoms with Crippen LogP contribution in [0.5, 0.6) is 0 Å². The summed E-state index contributed by atoms with van der Waals surface area (Å²) in [4.78, 5) is 19.1. The summed E-state index contributed by atoms with van der Waals surface area (Å²) in [6, 6.07) is 2.49. The lowest BCUT2D eigenvalue weighted by Crippen LogP contribution is -2.35. The van der Waals surface area contributed by atoms with Crippen LogP contribution in [0, 0.1) is 5.92 Å². The Morgan fingerprint density at radius 2 is 2.09 bits per heavy atom. The molecule has 1 aliphatic heterocycles. The van der Waals surface area contributed by atoms with Gasteiger partial charge < -0.3 is 9.80 Å². The maximum Gasteiger partial charge on any atom is 0.264 e. The molecule has 0 bridgehead atoms. The first kappa shape index (κ1) is 16.5. The second-order valence-electron chi connectivity index (χ2n) is 7.21. The molecule has 0 aliphatic carbocycles. The number of likely N-dealkylation sites (tertiary alicyclic amines) is 1. The molecule has 3 heterocycles. The maximum absolute atomic E-state index is 12.9. The summed E-state index contributed by atoms with van der Waals surface area (Å²) in [7, 11) is 6.14. The van der Waals surface area contributed by atoms with Crippen molar-refractivity contribution in [3.05, 3.63) is 16.6 Å². The van der Waals surface area contributed by atoms with E-state index in [1.165, 1.54) is 0 Å². The first-order valence-electron chi connectivity index (χ1n) is 8.21. The molecule has 1 amide bonds. The van der Waals surface area contributed by atoms with Crippen molar-refractivity contribution in [3.8, 4) is 0 Å². The summed E-state index contributed by atoms with van der Waals surface area (Å²) < 4.78 is 1.90. The van der Waals surface area contributed by atoms with E-state index in [1.54, 1.807) is 11.3 Å². The van der Waals surface area contributed by atoms with Crippen LogP contribution in [0.3, 0.4) is 0 Å². The molecule has 6 heteroatoms. The van der Waals surface area contributed by atoms with Gasteiger partial charge in [-0.15, -0.1) is 11.3 Å². The van der Waals surface area contributed by atoms with Crippen LogP contribution >= 0.6 is 11.3 Å². The van der Waals surface area contributed by atoms with Crippen molar-refractivity contribution >= 4 is 27.5 Å². The maximum atomic E-state index is 12.9. The fourth-order valence-corrected chi connectivity index (χ4v) is 4.59. The van der Waals surface area contributed by atoms with Gasteiger partial charge >= 0.3 is 0 Å². The van der Waals surface area contributed by atoms with E-state index in [2.05, 4.69) is 44.9 Å². The quantitative estimate of drug-likeness (QED) is 0.867. The van der Waals surface area contributed by atoms with Crippen molar-refractivity contribution in [1.82, 2.24) is 19.6 Å². The topological polar surface area (TPSA) is 41.4 Å². The third-order valence-corrected chi connectivity index (χ3v) is 6.01. The molecule has 3 rings (SSSR count). The van der Waals surface area contributed by atoms with Crippen LogP contribution in [0.4, 0.5) is 0 Å². The van der Waals surface area contributed by atoms with Crippen molar-refractivity contribution in [2.24, 2.45) is 13.0 Å². The molecule has 0 unspecified atom stereocenters. The summed E-state index contributed by atoms with van der Waals surface area (Å²) in [6.07, 6.45) is 0. The van der Waals surface area contributed by atoms with Crippen molar-refractivity contribution in [1.29, 1.82) is 0 Å². The van der Waals surface area contributed by atoms with E-state index in [9.17, 15) is 4.79 Å². The largest absolute Gasteiger partial charge is 0.336 e. The van der Waals surface area contributed by atoms with Crippen molar-refractivity contribution in [2.45, 2.75) is 32.7 Å². The average molecular weight is 334 g/mol. The fraction of sp³-hybridized carbons (Fsp3) is 0.647. The monoisotopic (exact) mass is 334 g/mol. The lowest BCUT2D eigenvalue weighted by Gasteiger charge is -2.22. The lowest BCUT2D eigenvalue weighted by atomic mass is 10.1. The molecule has 5 nitrogen and oxygen atoms in total. The molecule has 0 radical (unpaired) electrons. The zero-order chi connectivity index (χ0) is 16.9. The smallest absolute Gasteiger partial charge is 0.264 e. The van der Waals surface area contributed by atoms with E-state index in [-0.39, 0.29) is 5.91 Å². The number of carbonyl (C=O) groups is 1. The molecule has 1 saturated heterocycles. The van der Waals surface area contributed by atoms with Gasteiger partial charge in [0.2, 0.25) is 0 Å². The Bertz CT molecular complexity index is 730. The van der Waals surface area contributed by atoms with Crippen LogP contribution < -0.4 is 0 Å². The molecule has 1 aliphatic rings. The molecule has 1 fully saturated rings. The van der Waals surface area contributed by atoms with E-state index in [1.807, 2.05) is 22.7 Å². The second-order valence-corrected chi connectivity index (χ2v) is 8.24. The average Bonchev–Trinajstić information content (AvgIpc) is 3.13. The summed E-state index contributed by atoms with van der Waals surface area (Å²) in [5.74, 6) is 1.04. The van der Waals surface area contributed by atoms with Gasteiger partial charge in [0.15, 0.2) is 0 Å². The van der Waals surface area contributed by atoms with Crippen LogP contribution in [0.1, 0.15) is 42.1 Å². The number of aryl methyl sites for hydroxylation is 1. The van der Waals surface area contributed by atoms with Crippen LogP contribution in [0.25, 0.3) is 10.2 Å². The Morgan fingerprint density at radius 3 is 2.65 bits per heavy atom. The molecule has 0 aromatic carbocycles. The Kier molecular flexibility index (Phi) is 4.23. The van der Waals surface area contributed by atoms with Gasteiger partial charge in [-0.3, -0.25) is 9.48 Å². The number of likely N-dealkylation sites (N-methyl/N-ethyl adjacent to an activating group) is 1.